The third-order valence-electron chi connectivity index (χ3n) is 3.96. The third-order valence-corrected chi connectivity index (χ3v) is 5.09. The van der Waals surface area contributed by atoms with Gasteiger partial charge in [0, 0.05) is 10.9 Å². The molecule has 0 unspecified atom stereocenters. The number of hydrogen-bond donors (Lipinski definition) is 1. The second kappa shape index (κ2) is 6.58. The molecule has 1 N–H and O–H groups in total. The van der Waals surface area contributed by atoms with E-state index >= 15 is 0 Å². The van der Waals surface area contributed by atoms with Crippen molar-refractivity contribution in [2.45, 2.75) is 20.0 Å². The van der Waals surface area contributed by atoms with E-state index in [-0.39, 0.29) is 11.5 Å². The van der Waals surface area contributed by atoms with Gasteiger partial charge in [-0.25, -0.2) is 8.78 Å². The minimum atomic E-state index is -0.928. The van der Waals surface area contributed by atoms with Crippen LogP contribution in [0.2, 0.25) is 0 Å². The summed E-state index contributed by atoms with van der Waals surface area (Å²) in [5, 5.41) is 6.95. The molecule has 0 saturated carbocycles. The molecule has 3 heterocycles. The molecule has 0 saturated heterocycles. The number of aromatic nitrogens is 2. The van der Waals surface area contributed by atoms with Gasteiger partial charge in [0.15, 0.2) is 5.82 Å². The smallest absolute Gasteiger partial charge is 0.261 e. The molecule has 2 aromatic heterocycles. The van der Waals surface area contributed by atoms with E-state index in [0.29, 0.717) is 42.1 Å². The van der Waals surface area contributed by atoms with Crippen LogP contribution in [0.4, 0.5) is 13.8 Å². The number of halogens is 2. The standard InChI is InChI=1S/C17H13F2N3O3S/c1-8-20-16(25-22-8)14-11-4-5-24-7-13(11)26-17(14)21-15(23)10-3-2-9(18)6-12(10)19/h2-3,6H,4-5,7H2,1H3,(H,21,23). The van der Waals surface area contributed by atoms with Gasteiger partial charge >= 0.3 is 0 Å². The Morgan fingerprint density at radius 2 is 2.19 bits per heavy atom. The zero-order valence-corrected chi connectivity index (χ0v) is 14.5. The van der Waals surface area contributed by atoms with E-state index in [0.717, 1.165) is 22.6 Å². The normalized spacial score (nSPS) is 13.5. The van der Waals surface area contributed by atoms with Crippen LogP contribution < -0.4 is 5.32 Å². The number of carbonyl (C=O) groups excluding carboxylic acids is 1. The van der Waals surface area contributed by atoms with Gasteiger partial charge in [-0.05, 0) is 31.0 Å². The molecule has 9 heteroatoms. The lowest BCUT2D eigenvalue weighted by atomic mass is 10.1. The van der Waals surface area contributed by atoms with E-state index in [9.17, 15) is 13.6 Å². The average Bonchev–Trinajstić information content (AvgIpc) is 3.17. The molecule has 4 rings (SSSR count). The molecule has 0 radical (unpaired) electrons. The molecule has 0 bridgehead atoms. The molecule has 3 aromatic rings. The summed E-state index contributed by atoms with van der Waals surface area (Å²) in [5.74, 6) is -1.60. The molecular weight excluding hydrogens is 364 g/mol. The van der Waals surface area contributed by atoms with Crippen molar-refractivity contribution in [2.24, 2.45) is 0 Å². The number of anilines is 1. The van der Waals surface area contributed by atoms with Gasteiger partial charge < -0.3 is 14.6 Å². The van der Waals surface area contributed by atoms with Gasteiger partial charge in [-0.2, -0.15) is 4.98 Å². The highest BCUT2D eigenvalue weighted by Gasteiger charge is 2.27. The Balaban J connectivity index is 1.74. The van der Waals surface area contributed by atoms with E-state index in [1.54, 1.807) is 6.92 Å². The van der Waals surface area contributed by atoms with Crippen LogP contribution in [-0.4, -0.2) is 22.7 Å². The van der Waals surface area contributed by atoms with Crippen LogP contribution >= 0.6 is 11.3 Å². The number of carbonyl (C=O) groups is 1. The maximum atomic E-state index is 13.9. The highest BCUT2D eigenvalue weighted by molar-refractivity contribution is 7.17. The molecule has 6 nitrogen and oxygen atoms in total. The Kier molecular flexibility index (Phi) is 4.25. The first-order chi connectivity index (χ1) is 12.5. The van der Waals surface area contributed by atoms with Crippen molar-refractivity contribution in [1.82, 2.24) is 10.1 Å². The van der Waals surface area contributed by atoms with Crippen LogP contribution in [0.3, 0.4) is 0 Å². The Morgan fingerprint density at radius 3 is 2.92 bits per heavy atom. The number of nitrogens with zero attached hydrogens (tertiary/aromatic N) is 2. The van der Waals surface area contributed by atoms with Crippen LogP contribution in [-0.2, 0) is 17.8 Å². The minimum absolute atomic E-state index is 0.248. The fourth-order valence-electron chi connectivity index (χ4n) is 2.79. The van der Waals surface area contributed by atoms with Crippen molar-refractivity contribution in [2.75, 3.05) is 11.9 Å². The predicted molar refractivity (Wildman–Crippen MR) is 90.0 cm³/mol. The van der Waals surface area contributed by atoms with Crippen molar-refractivity contribution < 1.29 is 22.8 Å². The summed E-state index contributed by atoms with van der Waals surface area (Å²) in [6.07, 6.45) is 0.642. The van der Waals surface area contributed by atoms with E-state index < -0.39 is 17.5 Å². The monoisotopic (exact) mass is 377 g/mol. The summed E-state index contributed by atoms with van der Waals surface area (Å²) < 4.78 is 37.7. The maximum absolute atomic E-state index is 13.9. The molecular formula is C17H13F2N3O3S. The number of fused-ring (bicyclic) bond motifs is 1. The first-order valence-corrected chi connectivity index (χ1v) is 8.64. The summed E-state index contributed by atoms with van der Waals surface area (Å²) in [4.78, 5) is 17.7. The molecule has 1 aliphatic rings. The highest BCUT2D eigenvalue weighted by Crippen LogP contribution is 2.42. The van der Waals surface area contributed by atoms with Crippen molar-refractivity contribution in [3.05, 3.63) is 51.7 Å². The van der Waals surface area contributed by atoms with Crippen molar-refractivity contribution >= 4 is 22.2 Å². The first kappa shape index (κ1) is 16.8. The topological polar surface area (TPSA) is 77.2 Å². The summed E-state index contributed by atoms with van der Waals surface area (Å²) in [6.45, 7) is 2.66. The van der Waals surface area contributed by atoms with Gasteiger partial charge in [-0.3, -0.25) is 4.79 Å². The Labute approximate surface area is 150 Å². The molecule has 0 spiro atoms. The third kappa shape index (κ3) is 2.99. The van der Waals surface area contributed by atoms with Gasteiger partial charge in [-0.15, -0.1) is 11.3 Å². The summed E-state index contributed by atoms with van der Waals surface area (Å²) in [7, 11) is 0. The number of benzene rings is 1. The number of nitrogens with one attached hydrogen (secondary N) is 1. The largest absolute Gasteiger partial charge is 0.376 e. The molecule has 0 fully saturated rings. The second-order valence-corrected chi connectivity index (χ2v) is 6.84. The van der Waals surface area contributed by atoms with Crippen molar-refractivity contribution in [3.8, 4) is 11.5 Å². The van der Waals surface area contributed by atoms with Gasteiger partial charge in [-0.1, -0.05) is 5.16 Å². The van der Waals surface area contributed by atoms with E-state index in [1.807, 2.05) is 0 Å². The Hall–Kier alpha value is -2.65. The summed E-state index contributed by atoms with van der Waals surface area (Å²) in [5.41, 5.74) is 1.35. The number of aryl methyl sites for hydroxylation is 1. The fourth-order valence-corrected chi connectivity index (χ4v) is 3.96. The predicted octanol–water partition coefficient (Wildman–Crippen LogP) is 3.71. The van der Waals surface area contributed by atoms with E-state index in [1.165, 1.54) is 11.3 Å². The Morgan fingerprint density at radius 1 is 1.35 bits per heavy atom. The first-order valence-electron chi connectivity index (χ1n) is 7.82. The van der Waals surface area contributed by atoms with Crippen LogP contribution in [0.15, 0.2) is 22.7 Å². The quantitative estimate of drug-likeness (QED) is 0.753. The maximum Gasteiger partial charge on any atom is 0.261 e. The molecule has 0 atom stereocenters. The summed E-state index contributed by atoms with van der Waals surface area (Å²) >= 11 is 1.32. The van der Waals surface area contributed by atoms with Gasteiger partial charge in [0.1, 0.15) is 16.6 Å². The number of ether oxygens (including phenoxy) is 1. The van der Waals surface area contributed by atoms with Gasteiger partial charge in [0.2, 0.25) is 0 Å². The zero-order valence-electron chi connectivity index (χ0n) is 13.6. The van der Waals surface area contributed by atoms with Gasteiger partial charge in [0.25, 0.3) is 11.8 Å². The van der Waals surface area contributed by atoms with E-state index in [4.69, 9.17) is 9.26 Å². The second-order valence-electron chi connectivity index (χ2n) is 5.74. The van der Waals surface area contributed by atoms with E-state index in [2.05, 4.69) is 15.5 Å². The number of amides is 1. The zero-order chi connectivity index (χ0) is 18.3. The number of rotatable bonds is 3. The molecule has 26 heavy (non-hydrogen) atoms. The summed E-state index contributed by atoms with van der Waals surface area (Å²) in [6, 6.07) is 2.81. The molecule has 0 aliphatic carbocycles. The van der Waals surface area contributed by atoms with Crippen molar-refractivity contribution in [3.63, 3.8) is 0 Å². The van der Waals surface area contributed by atoms with Gasteiger partial charge in [0.05, 0.1) is 24.3 Å². The molecule has 134 valence electrons. The van der Waals surface area contributed by atoms with Crippen LogP contribution in [0.25, 0.3) is 11.5 Å². The van der Waals surface area contributed by atoms with Crippen LogP contribution in [0.5, 0.6) is 0 Å². The highest BCUT2D eigenvalue weighted by atomic mass is 32.1. The molecule has 1 aromatic carbocycles. The number of hydrogen-bond acceptors (Lipinski definition) is 6. The lowest BCUT2D eigenvalue weighted by Crippen LogP contribution is -2.14. The molecule has 1 aliphatic heterocycles. The number of thiophene rings is 1. The Bertz CT molecular complexity index is 999. The minimum Gasteiger partial charge on any atom is -0.376 e. The van der Waals surface area contributed by atoms with Crippen LogP contribution in [0, 0.1) is 18.6 Å². The molecule has 1 amide bonds. The lowest BCUT2D eigenvalue weighted by molar-refractivity contribution is 0.102. The SMILES string of the molecule is Cc1noc(-c2c(NC(=O)c3ccc(F)cc3F)sc3c2CCOC3)n1. The average molecular weight is 377 g/mol. The fraction of sp³-hybridized carbons (Fsp3) is 0.235. The van der Waals surface area contributed by atoms with Crippen LogP contribution in [0.1, 0.15) is 26.6 Å². The van der Waals surface area contributed by atoms with Crippen molar-refractivity contribution in [1.29, 1.82) is 0 Å². The lowest BCUT2D eigenvalue weighted by Gasteiger charge is -2.12.